The van der Waals surface area contributed by atoms with Crippen molar-refractivity contribution in [2.45, 2.75) is 62.8 Å². The third-order valence-corrected chi connectivity index (χ3v) is 10.5. The maximum atomic E-state index is 13.2. The molecule has 2 aliphatic heterocycles. The van der Waals surface area contributed by atoms with Crippen molar-refractivity contribution in [3.05, 3.63) is 78.4 Å². The van der Waals surface area contributed by atoms with Gasteiger partial charge in [-0.3, -0.25) is 0 Å². The van der Waals surface area contributed by atoms with E-state index in [1.165, 1.54) is 25.1 Å². The van der Waals surface area contributed by atoms with E-state index in [-0.39, 0.29) is 28.5 Å². The smallest absolute Gasteiger partial charge is 0.339 e. The molecule has 0 radical (unpaired) electrons. The third-order valence-electron chi connectivity index (χ3n) is 8.12. The zero-order chi connectivity index (χ0) is 24.1. The number of fused-ring (bicyclic) bond motifs is 5. The van der Waals surface area contributed by atoms with Crippen LogP contribution in [0.4, 0.5) is 0 Å². The monoisotopic (exact) mass is 493 g/mol. The van der Waals surface area contributed by atoms with Gasteiger partial charge in [0.15, 0.2) is 19.9 Å². The minimum atomic E-state index is -0.650. The lowest BCUT2D eigenvalue weighted by Crippen LogP contribution is -2.31. The molecule has 36 heavy (non-hydrogen) atoms. The molecule has 1 aliphatic carbocycles. The number of thiophene rings is 1. The largest absolute Gasteiger partial charge is 0.442 e. The Morgan fingerprint density at radius 2 is 1.56 bits per heavy atom. The second-order valence-corrected chi connectivity index (χ2v) is 12.4. The normalized spacial score (nSPS) is 24.2. The Hall–Kier alpha value is -3.13. The summed E-state index contributed by atoms with van der Waals surface area (Å²) in [6.07, 6.45) is 7.70. The molecule has 4 heteroatoms. The first kappa shape index (κ1) is 22.1. The van der Waals surface area contributed by atoms with Crippen molar-refractivity contribution in [1.29, 1.82) is 0 Å². The zero-order valence-corrected chi connectivity index (χ0v) is 21.1. The van der Waals surface area contributed by atoms with Crippen molar-refractivity contribution >= 4 is 36.6 Å². The van der Waals surface area contributed by atoms with Crippen molar-refractivity contribution in [2.75, 3.05) is 0 Å². The van der Waals surface area contributed by atoms with E-state index < -0.39 is 5.60 Å². The van der Waals surface area contributed by atoms with Crippen LogP contribution < -0.4 is 0 Å². The van der Waals surface area contributed by atoms with E-state index in [1.807, 2.05) is 12.1 Å². The summed E-state index contributed by atoms with van der Waals surface area (Å²) in [5, 5.41) is 2.62. The molecule has 180 valence electrons. The number of ether oxygens (including phenoxy) is 2. The molecule has 0 spiro atoms. The second kappa shape index (κ2) is 8.76. The van der Waals surface area contributed by atoms with Crippen LogP contribution in [-0.2, 0) is 9.47 Å². The van der Waals surface area contributed by atoms with Crippen LogP contribution in [0, 0.1) is 17.8 Å². The molecule has 0 N–H and O–H groups in total. The Morgan fingerprint density at radius 1 is 0.889 bits per heavy atom. The zero-order valence-electron chi connectivity index (χ0n) is 20.2. The van der Waals surface area contributed by atoms with Crippen molar-refractivity contribution in [1.82, 2.24) is 0 Å². The highest BCUT2D eigenvalue weighted by Gasteiger charge is 2.41. The number of carbonyl (C=O) groups is 1. The van der Waals surface area contributed by atoms with Gasteiger partial charge < -0.3 is 9.47 Å². The topological polar surface area (TPSA) is 35.5 Å². The number of carbonyl (C=O) groups excluding carboxylic acids is 1. The lowest BCUT2D eigenvalue weighted by Gasteiger charge is -2.24. The molecule has 0 amide bonds. The van der Waals surface area contributed by atoms with E-state index in [0.29, 0.717) is 11.7 Å². The minimum absolute atomic E-state index is 0.166. The van der Waals surface area contributed by atoms with Gasteiger partial charge in [-0.05, 0) is 93.5 Å². The van der Waals surface area contributed by atoms with Crippen LogP contribution >= 0.6 is 10.5 Å². The fourth-order valence-corrected chi connectivity index (χ4v) is 8.66. The summed E-state index contributed by atoms with van der Waals surface area (Å²) in [5.41, 5.74) is -0.0534. The van der Waals surface area contributed by atoms with Crippen LogP contribution in [-0.4, -0.2) is 23.8 Å². The van der Waals surface area contributed by atoms with Gasteiger partial charge in [0, 0.05) is 27.2 Å². The highest BCUT2D eigenvalue weighted by Crippen LogP contribution is 2.48. The standard InChI is InChI=1S/C32H29O3S/c33-31(35-32(18-5-6-19-32)20-17-23-21-24-13-16-28(23)34-24)22-11-14-25(15-12-22)36-29-9-3-1-7-26(29)27-8-2-4-10-30(27)36/h1-4,7-12,14-15,23-24,28H,5-6,13,16,18-19,21H2/q+1. The van der Waals surface area contributed by atoms with Gasteiger partial charge in [-0.1, -0.05) is 36.1 Å². The van der Waals surface area contributed by atoms with E-state index >= 15 is 0 Å². The van der Waals surface area contributed by atoms with E-state index in [0.717, 1.165) is 44.9 Å². The third kappa shape index (κ3) is 3.74. The van der Waals surface area contributed by atoms with Crippen LogP contribution in [0.25, 0.3) is 25.1 Å². The molecule has 4 aromatic rings. The van der Waals surface area contributed by atoms with Crippen molar-refractivity contribution < 1.29 is 14.3 Å². The van der Waals surface area contributed by atoms with Gasteiger partial charge in [0.2, 0.25) is 0 Å². The first-order chi connectivity index (χ1) is 17.7. The van der Waals surface area contributed by atoms with Crippen molar-refractivity contribution in [3.63, 3.8) is 0 Å². The predicted molar refractivity (Wildman–Crippen MR) is 146 cm³/mol. The van der Waals surface area contributed by atoms with Gasteiger partial charge in [-0.15, -0.1) is 0 Å². The van der Waals surface area contributed by atoms with Crippen molar-refractivity contribution in [2.24, 2.45) is 5.92 Å². The first-order valence-corrected chi connectivity index (χ1v) is 14.4. The van der Waals surface area contributed by atoms with Crippen LogP contribution in [0.5, 0.6) is 0 Å². The number of rotatable bonds is 3. The molecule has 7 rings (SSSR count). The van der Waals surface area contributed by atoms with Gasteiger partial charge >= 0.3 is 5.97 Å². The molecule has 3 nitrogen and oxygen atoms in total. The van der Waals surface area contributed by atoms with Crippen LogP contribution in [0.2, 0.25) is 0 Å². The van der Waals surface area contributed by atoms with Crippen LogP contribution in [0.15, 0.2) is 72.8 Å². The van der Waals surface area contributed by atoms with Gasteiger partial charge in [0.1, 0.15) is 0 Å². The second-order valence-electron chi connectivity index (χ2n) is 10.4. The summed E-state index contributed by atoms with van der Waals surface area (Å²) in [7, 11) is -0.166. The molecule has 3 atom stereocenters. The minimum Gasteiger partial charge on any atom is -0.442 e. The highest BCUT2D eigenvalue weighted by atomic mass is 32.2. The fraction of sp³-hybridized carbons (Fsp3) is 0.344. The predicted octanol–water partition coefficient (Wildman–Crippen LogP) is 7.77. The van der Waals surface area contributed by atoms with Gasteiger partial charge in [-0.25, -0.2) is 4.79 Å². The Kier molecular flexibility index (Phi) is 5.38. The quantitative estimate of drug-likeness (QED) is 0.166. The van der Waals surface area contributed by atoms with E-state index in [9.17, 15) is 4.79 Å². The summed E-state index contributed by atoms with van der Waals surface area (Å²) >= 11 is 0. The average molecular weight is 494 g/mol. The molecular formula is C32H29O3S+. The molecule has 1 aromatic heterocycles. The Morgan fingerprint density at radius 3 is 2.17 bits per heavy atom. The van der Waals surface area contributed by atoms with E-state index in [1.54, 1.807) is 0 Å². The first-order valence-electron chi connectivity index (χ1n) is 13.1. The van der Waals surface area contributed by atoms with Gasteiger partial charge in [-0.2, -0.15) is 0 Å². The summed E-state index contributed by atoms with van der Waals surface area (Å²) in [4.78, 5) is 14.5. The summed E-state index contributed by atoms with van der Waals surface area (Å²) in [6, 6.07) is 25.3. The molecule has 3 aliphatic rings. The molecular weight excluding hydrogens is 464 g/mol. The number of hydrogen-bond donors (Lipinski definition) is 0. The maximum absolute atomic E-state index is 13.2. The highest BCUT2D eigenvalue weighted by molar-refractivity contribution is 7.50. The molecule has 2 bridgehead atoms. The van der Waals surface area contributed by atoms with E-state index in [2.05, 4.69) is 72.5 Å². The van der Waals surface area contributed by atoms with Crippen molar-refractivity contribution in [3.8, 4) is 16.7 Å². The molecule has 3 aromatic carbocycles. The van der Waals surface area contributed by atoms with Crippen LogP contribution in [0.1, 0.15) is 55.3 Å². The SMILES string of the molecule is O=C(OC1(C#CC2CC3CCC2O3)CCCC1)c1ccc(-[s+]2c3ccccc3c3ccccc32)cc1. The number of benzene rings is 3. The Bertz CT molecular complexity index is 1460. The number of hydrogen-bond acceptors (Lipinski definition) is 3. The fourth-order valence-electron chi connectivity index (χ4n) is 6.28. The Balaban J connectivity index is 1.16. The lowest BCUT2D eigenvalue weighted by atomic mass is 9.89. The Labute approximate surface area is 214 Å². The van der Waals surface area contributed by atoms with Crippen LogP contribution in [0.3, 0.4) is 0 Å². The lowest BCUT2D eigenvalue weighted by molar-refractivity contribution is 0.0102. The molecule has 3 fully saturated rings. The molecule has 2 saturated heterocycles. The molecule has 3 unspecified atom stereocenters. The van der Waals surface area contributed by atoms with Gasteiger partial charge in [0.25, 0.3) is 0 Å². The summed E-state index contributed by atoms with van der Waals surface area (Å²) in [5.74, 6) is 6.92. The summed E-state index contributed by atoms with van der Waals surface area (Å²) < 4.78 is 14.8. The number of esters is 1. The average Bonchev–Trinajstić information content (AvgIpc) is 3.71. The molecule has 3 heterocycles. The van der Waals surface area contributed by atoms with Gasteiger partial charge in [0.05, 0.1) is 17.8 Å². The van der Waals surface area contributed by atoms with E-state index in [4.69, 9.17) is 9.47 Å². The summed E-state index contributed by atoms with van der Waals surface area (Å²) in [6.45, 7) is 0. The molecule has 1 saturated carbocycles. The maximum Gasteiger partial charge on any atom is 0.339 e.